The average Bonchev–Trinajstić information content (AvgIpc) is 3.95. The summed E-state index contributed by atoms with van der Waals surface area (Å²) in [5, 5.41) is -0.573. The first kappa shape index (κ1) is 20.7. The summed E-state index contributed by atoms with van der Waals surface area (Å²) in [5.41, 5.74) is 1.57. The Morgan fingerprint density at radius 2 is 0.696 bits per heavy atom. The lowest BCUT2D eigenvalue weighted by Crippen LogP contribution is -2.00. The van der Waals surface area contributed by atoms with Crippen LogP contribution in [0.25, 0.3) is 100 Å². The zero-order chi connectivity index (χ0) is 49.2. The zero-order valence-electron chi connectivity index (χ0n) is 43.2. The van der Waals surface area contributed by atoms with Crippen molar-refractivity contribution in [3.05, 3.63) is 200 Å². The minimum Gasteiger partial charge on any atom is -0.309 e. The molecular formula is C51H33N5. The van der Waals surface area contributed by atoms with E-state index in [0.29, 0.717) is 34.4 Å². The van der Waals surface area contributed by atoms with Gasteiger partial charge >= 0.3 is 0 Å². The van der Waals surface area contributed by atoms with Crippen molar-refractivity contribution in [3.8, 4) is 56.7 Å². The van der Waals surface area contributed by atoms with Gasteiger partial charge in [0.1, 0.15) is 0 Å². The summed E-state index contributed by atoms with van der Waals surface area (Å²) >= 11 is 0. The molecule has 0 aliphatic heterocycles. The molecule has 0 unspecified atom stereocenters. The minimum atomic E-state index is -0.644. The lowest BCUT2D eigenvalue weighted by atomic mass is 10.0. The standard InChI is InChI=1S/C51H33N5/c1-4-14-34(15-5-1)49-52-50(35-16-6-2-7-17-35)54-51(53-49)36-24-28-40(29-25-36)56-46-23-13-11-21-42(46)44-33-38(27-31-48(44)56)37-26-30-47-43(32-37)41-20-10-12-22-45(41)55(47)39-18-8-3-9-19-39/h1-33H/i10D,11D,12D,13D,20D,21D,22D,23D,26D,27D,30D,31D,32D,33D. The molecule has 0 N–H and O–H groups in total. The molecule has 11 aromatic rings. The van der Waals surface area contributed by atoms with E-state index in [1.807, 2.05) is 60.7 Å². The van der Waals surface area contributed by atoms with E-state index in [2.05, 4.69) is 0 Å². The predicted octanol–water partition coefficient (Wildman–Crippen LogP) is 12.7. The number of aromatic nitrogens is 5. The van der Waals surface area contributed by atoms with Gasteiger partial charge in [-0.2, -0.15) is 0 Å². The zero-order valence-corrected chi connectivity index (χ0v) is 29.2. The third kappa shape index (κ3) is 5.29. The SMILES string of the molecule is [2H]c1c([2H])c([2H])c2c(c1[2H])c1c([2H])c(-c3c([2H])c([2H])c4c(c3[2H])c3c([2H])c([2H])c([2H])c([2H])c3n4-c3ccc(-c4nc(-c5ccccc5)nc(-c5ccccc5)n4)cc3)c([2H])c([2H])c1n2-c1ccccc1. The lowest BCUT2D eigenvalue weighted by molar-refractivity contribution is 1.07. The van der Waals surface area contributed by atoms with Gasteiger partial charge in [-0.15, -0.1) is 0 Å². The molecule has 0 aliphatic carbocycles. The lowest BCUT2D eigenvalue weighted by Gasteiger charge is -2.11. The maximum Gasteiger partial charge on any atom is 0.164 e. The largest absolute Gasteiger partial charge is 0.309 e. The Kier molecular flexibility index (Phi) is 4.83. The second-order valence-corrected chi connectivity index (χ2v) is 13.0. The van der Waals surface area contributed by atoms with Gasteiger partial charge in [0.05, 0.1) is 41.3 Å². The Labute approximate surface area is 343 Å². The van der Waals surface area contributed by atoms with E-state index in [0.717, 1.165) is 11.1 Å². The smallest absolute Gasteiger partial charge is 0.164 e. The molecule has 0 fully saturated rings. The molecule has 5 heteroatoms. The Morgan fingerprint density at radius 3 is 1.16 bits per heavy atom. The normalized spacial score (nSPS) is 15.1. The van der Waals surface area contributed by atoms with Crippen molar-refractivity contribution in [1.29, 1.82) is 0 Å². The van der Waals surface area contributed by atoms with Crippen LogP contribution in [0.4, 0.5) is 0 Å². The van der Waals surface area contributed by atoms with Crippen LogP contribution in [-0.4, -0.2) is 24.1 Å². The molecular weight excluding hydrogens is 683 g/mol. The molecule has 0 saturated heterocycles. The third-order valence-electron chi connectivity index (χ3n) is 9.66. The van der Waals surface area contributed by atoms with Gasteiger partial charge in [0.15, 0.2) is 17.5 Å². The average molecular weight is 730 g/mol. The summed E-state index contributed by atoms with van der Waals surface area (Å²) < 4.78 is 131. The highest BCUT2D eigenvalue weighted by atomic mass is 15.0. The minimum absolute atomic E-state index is 0.0478. The van der Waals surface area contributed by atoms with Crippen molar-refractivity contribution in [3.63, 3.8) is 0 Å². The number of benzene rings is 8. The van der Waals surface area contributed by atoms with Crippen LogP contribution < -0.4 is 0 Å². The molecule has 262 valence electrons. The predicted molar refractivity (Wildman–Crippen MR) is 230 cm³/mol. The van der Waals surface area contributed by atoms with Crippen LogP contribution in [0.15, 0.2) is 200 Å². The van der Waals surface area contributed by atoms with E-state index in [-0.39, 0.29) is 43.6 Å². The number of nitrogens with zero attached hydrogens (tertiary/aromatic N) is 5. The fourth-order valence-electron chi connectivity index (χ4n) is 7.07. The summed E-state index contributed by atoms with van der Waals surface area (Å²) in [6.07, 6.45) is 0. The highest BCUT2D eigenvalue weighted by Gasteiger charge is 2.17. The van der Waals surface area contributed by atoms with E-state index in [9.17, 15) is 11.0 Å². The van der Waals surface area contributed by atoms with Gasteiger partial charge in [0.2, 0.25) is 0 Å². The van der Waals surface area contributed by atoms with Crippen LogP contribution in [0.3, 0.4) is 0 Å². The maximum absolute atomic E-state index is 9.86. The topological polar surface area (TPSA) is 48.5 Å². The van der Waals surface area contributed by atoms with Gasteiger partial charge in [0.25, 0.3) is 0 Å². The molecule has 56 heavy (non-hydrogen) atoms. The summed E-state index contributed by atoms with van der Waals surface area (Å²) in [7, 11) is 0. The second-order valence-electron chi connectivity index (χ2n) is 13.0. The fourth-order valence-corrected chi connectivity index (χ4v) is 7.07. The molecule has 3 heterocycles. The first-order chi connectivity index (χ1) is 33.6. The fraction of sp³-hybridized carbons (Fsp3) is 0. The van der Waals surface area contributed by atoms with Gasteiger partial charge < -0.3 is 9.13 Å². The van der Waals surface area contributed by atoms with E-state index < -0.39 is 95.7 Å². The number of hydrogen-bond acceptors (Lipinski definition) is 3. The number of fused-ring (bicyclic) bond motifs is 6. The summed E-state index contributed by atoms with van der Waals surface area (Å²) in [5.74, 6) is 1.20. The molecule has 11 rings (SSSR count). The second kappa shape index (κ2) is 13.0. The quantitative estimate of drug-likeness (QED) is 0.171. The van der Waals surface area contributed by atoms with Crippen LogP contribution in [0.5, 0.6) is 0 Å². The first-order valence-electron chi connectivity index (χ1n) is 24.7. The molecule has 0 atom stereocenters. The maximum atomic E-state index is 9.86. The van der Waals surface area contributed by atoms with Crippen LogP contribution in [0, 0.1) is 0 Å². The van der Waals surface area contributed by atoms with Crippen LogP contribution in [0.1, 0.15) is 19.2 Å². The Hall–Kier alpha value is -7.63. The van der Waals surface area contributed by atoms with Gasteiger partial charge in [-0.05, 0) is 83.8 Å². The molecule has 0 radical (unpaired) electrons. The Morgan fingerprint density at radius 1 is 0.321 bits per heavy atom. The van der Waals surface area contributed by atoms with E-state index in [4.69, 9.17) is 23.2 Å². The number of hydrogen-bond donors (Lipinski definition) is 0. The summed E-state index contributed by atoms with van der Waals surface area (Å²) in [4.78, 5) is 14.4. The molecule has 8 aromatic carbocycles. The number of para-hydroxylation sites is 3. The van der Waals surface area contributed by atoms with Gasteiger partial charge in [-0.1, -0.05) is 127 Å². The van der Waals surface area contributed by atoms with Crippen LogP contribution in [-0.2, 0) is 0 Å². The van der Waals surface area contributed by atoms with Crippen LogP contribution in [0.2, 0.25) is 0 Å². The highest BCUT2D eigenvalue weighted by Crippen LogP contribution is 2.38. The molecule has 0 spiro atoms. The van der Waals surface area contributed by atoms with Crippen molar-refractivity contribution in [2.75, 3.05) is 0 Å². The Bertz CT molecular complexity index is 3970. The van der Waals surface area contributed by atoms with Crippen molar-refractivity contribution in [1.82, 2.24) is 24.1 Å². The van der Waals surface area contributed by atoms with E-state index >= 15 is 0 Å². The van der Waals surface area contributed by atoms with Crippen molar-refractivity contribution < 1.29 is 19.2 Å². The molecule has 0 amide bonds. The molecule has 0 aliphatic rings. The highest BCUT2D eigenvalue weighted by molar-refractivity contribution is 6.12. The van der Waals surface area contributed by atoms with E-state index in [1.54, 1.807) is 54.6 Å². The van der Waals surface area contributed by atoms with Crippen LogP contribution >= 0.6 is 0 Å². The third-order valence-corrected chi connectivity index (χ3v) is 9.66. The molecule has 5 nitrogen and oxygen atoms in total. The summed E-state index contributed by atoms with van der Waals surface area (Å²) in [6, 6.07) is 26.3. The van der Waals surface area contributed by atoms with Gasteiger partial charge in [-0.3, -0.25) is 0 Å². The summed E-state index contributed by atoms with van der Waals surface area (Å²) in [6.45, 7) is 0. The van der Waals surface area contributed by atoms with Gasteiger partial charge in [-0.25, -0.2) is 15.0 Å². The van der Waals surface area contributed by atoms with Crippen molar-refractivity contribution in [2.24, 2.45) is 0 Å². The molecule has 0 bridgehead atoms. The molecule has 3 aromatic heterocycles. The van der Waals surface area contributed by atoms with Crippen molar-refractivity contribution >= 4 is 43.6 Å². The molecule has 0 saturated carbocycles. The van der Waals surface area contributed by atoms with Crippen molar-refractivity contribution in [2.45, 2.75) is 0 Å². The monoisotopic (exact) mass is 729 g/mol. The van der Waals surface area contributed by atoms with Gasteiger partial charge in [0, 0.05) is 49.6 Å². The van der Waals surface area contributed by atoms with E-state index in [1.165, 1.54) is 9.13 Å². The first-order valence-corrected chi connectivity index (χ1v) is 17.7. The Balaban J connectivity index is 1.18. The number of rotatable bonds is 6.